The fourth-order valence-electron chi connectivity index (χ4n) is 3.49. The van der Waals surface area contributed by atoms with E-state index in [-0.39, 0.29) is 29.9 Å². The molecule has 1 heterocycles. The van der Waals surface area contributed by atoms with E-state index in [9.17, 15) is 18.4 Å². The number of nitrogens with one attached hydrogen (secondary N) is 1. The zero-order chi connectivity index (χ0) is 22.4. The summed E-state index contributed by atoms with van der Waals surface area (Å²) in [6, 6.07) is 11.9. The SMILES string of the molecule is COc1ccc(CN(C)CC(=O)Nc2cccc(N3CCCC3=O)c2)cc1OC(F)F. The number of ether oxygens (including phenoxy) is 2. The molecule has 1 saturated heterocycles. The minimum Gasteiger partial charge on any atom is -0.493 e. The molecule has 9 heteroatoms. The predicted octanol–water partition coefficient (Wildman–Crippen LogP) is 3.49. The number of carbonyl (C=O) groups excluding carboxylic acids is 2. The summed E-state index contributed by atoms with van der Waals surface area (Å²) >= 11 is 0. The third-order valence-corrected chi connectivity index (χ3v) is 4.83. The molecule has 166 valence electrons. The standard InChI is InChI=1S/C22H25F2N3O4/c1-26(13-15-8-9-18(30-2)19(11-15)31-22(23)24)14-20(28)25-16-5-3-6-17(12-16)27-10-4-7-21(27)29/h3,5-6,8-9,11-12,22H,4,7,10,13-14H2,1-2H3,(H,25,28). The van der Waals surface area contributed by atoms with E-state index >= 15 is 0 Å². The number of carbonyl (C=O) groups is 2. The van der Waals surface area contributed by atoms with Crippen LogP contribution in [0.4, 0.5) is 20.2 Å². The maximum absolute atomic E-state index is 12.6. The minimum absolute atomic E-state index is 0.0545. The van der Waals surface area contributed by atoms with Gasteiger partial charge in [-0.2, -0.15) is 8.78 Å². The van der Waals surface area contributed by atoms with Crippen LogP contribution in [0, 0.1) is 0 Å². The first-order valence-corrected chi connectivity index (χ1v) is 9.86. The first kappa shape index (κ1) is 22.5. The van der Waals surface area contributed by atoms with Gasteiger partial charge in [-0.3, -0.25) is 14.5 Å². The first-order chi connectivity index (χ1) is 14.9. The van der Waals surface area contributed by atoms with E-state index in [0.29, 0.717) is 30.8 Å². The highest BCUT2D eigenvalue weighted by Crippen LogP contribution is 2.30. The molecule has 2 aromatic carbocycles. The minimum atomic E-state index is -2.96. The number of halogens is 2. The lowest BCUT2D eigenvalue weighted by Crippen LogP contribution is -2.30. The molecule has 1 N–H and O–H groups in total. The molecule has 2 amide bonds. The fraction of sp³-hybridized carbons (Fsp3) is 0.364. The third kappa shape index (κ3) is 6.14. The normalized spacial score (nSPS) is 13.7. The van der Waals surface area contributed by atoms with Crippen LogP contribution >= 0.6 is 0 Å². The molecular weight excluding hydrogens is 408 g/mol. The molecule has 0 spiro atoms. The smallest absolute Gasteiger partial charge is 0.387 e. The molecule has 0 saturated carbocycles. The molecule has 0 radical (unpaired) electrons. The summed E-state index contributed by atoms with van der Waals surface area (Å²) in [4.78, 5) is 27.8. The average molecular weight is 433 g/mol. The number of hydrogen-bond acceptors (Lipinski definition) is 5. The molecule has 31 heavy (non-hydrogen) atoms. The number of amides is 2. The molecule has 1 aliphatic rings. The molecule has 0 atom stereocenters. The number of benzene rings is 2. The highest BCUT2D eigenvalue weighted by atomic mass is 19.3. The summed E-state index contributed by atoms with van der Waals surface area (Å²) in [6.45, 7) is -1.85. The number of methoxy groups -OCH3 is 1. The monoisotopic (exact) mass is 433 g/mol. The van der Waals surface area contributed by atoms with Crippen molar-refractivity contribution in [2.75, 3.05) is 37.5 Å². The van der Waals surface area contributed by atoms with Gasteiger partial charge in [-0.05, 0) is 49.4 Å². The number of likely N-dealkylation sites (N-methyl/N-ethyl adjacent to an activating group) is 1. The number of hydrogen-bond donors (Lipinski definition) is 1. The number of alkyl halides is 2. The van der Waals surface area contributed by atoms with Gasteiger partial charge in [-0.1, -0.05) is 12.1 Å². The van der Waals surface area contributed by atoms with Crippen LogP contribution in [-0.4, -0.2) is 50.6 Å². The lowest BCUT2D eigenvalue weighted by Gasteiger charge is -2.19. The number of rotatable bonds is 9. The molecule has 2 aromatic rings. The lowest BCUT2D eigenvalue weighted by molar-refractivity contribution is -0.117. The van der Waals surface area contributed by atoms with E-state index in [2.05, 4.69) is 10.1 Å². The summed E-state index contributed by atoms with van der Waals surface area (Å²) in [7, 11) is 3.12. The zero-order valence-corrected chi connectivity index (χ0v) is 17.4. The molecule has 0 aromatic heterocycles. The molecule has 0 bridgehead atoms. The van der Waals surface area contributed by atoms with Gasteiger partial charge in [0.25, 0.3) is 0 Å². The van der Waals surface area contributed by atoms with E-state index in [4.69, 9.17) is 4.74 Å². The Bertz CT molecular complexity index is 939. The lowest BCUT2D eigenvalue weighted by atomic mass is 10.2. The summed E-state index contributed by atoms with van der Waals surface area (Å²) in [5.41, 5.74) is 2.06. The highest BCUT2D eigenvalue weighted by molar-refractivity contribution is 5.97. The summed E-state index contributed by atoms with van der Waals surface area (Å²) in [5.74, 6) is 0.00444. The third-order valence-electron chi connectivity index (χ3n) is 4.83. The van der Waals surface area contributed by atoms with E-state index in [1.807, 2.05) is 6.07 Å². The van der Waals surface area contributed by atoms with Gasteiger partial charge in [0, 0.05) is 30.9 Å². The van der Waals surface area contributed by atoms with Crippen molar-refractivity contribution in [2.45, 2.75) is 26.0 Å². The van der Waals surface area contributed by atoms with Gasteiger partial charge in [0.2, 0.25) is 11.8 Å². The highest BCUT2D eigenvalue weighted by Gasteiger charge is 2.22. The van der Waals surface area contributed by atoms with Gasteiger partial charge in [0.05, 0.1) is 13.7 Å². The van der Waals surface area contributed by atoms with Crippen LogP contribution in [0.5, 0.6) is 11.5 Å². The van der Waals surface area contributed by atoms with Crippen molar-refractivity contribution >= 4 is 23.2 Å². The van der Waals surface area contributed by atoms with Crippen LogP contribution in [0.2, 0.25) is 0 Å². The molecule has 0 unspecified atom stereocenters. The van der Waals surface area contributed by atoms with Crippen LogP contribution in [0.15, 0.2) is 42.5 Å². The maximum Gasteiger partial charge on any atom is 0.387 e. The first-order valence-electron chi connectivity index (χ1n) is 9.86. The van der Waals surface area contributed by atoms with Crippen LogP contribution in [0.1, 0.15) is 18.4 Å². The van der Waals surface area contributed by atoms with Crippen molar-refractivity contribution in [3.05, 3.63) is 48.0 Å². The quantitative estimate of drug-likeness (QED) is 0.656. The van der Waals surface area contributed by atoms with Crippen LogP contribution in [-0.2, 0) is 16.1 Å². The van der Waals surface area contributed by atoms with Gasteiger partial charge in [-0.15, -0.1) is 0 Å². The Hall–Kier alpha value is -3.20. The van der Waals surface area contributed by atoms with E-state index in [1.165, 1.54) is 13.2 Å². The Labute approximate surface area is 179 Å². The molecular formula is C22H25F2N3O4. The Morgan fingerprint density at radius 2 is 2.03 bits per heavy atom. The van der Waals surface area contributed by atoms with E-state index in [1.54, 1.807) is 47.2 Å². The Morgan fingerprint density at radius 1 is 1.23 bits per heavy atom. The van der Waals surface area contributed by atoms with Crippen molar-refractivity contribution in [2.24, 2.45) is 0 Å². The molecule has 1 fully saturated rings. The van der Waals surface area contributed by atoms with Gasteiger partial charge >= 0.3 is 6.61 Å². The maximum atomic E-state index is 12.6. The topological polar surface area (TPSA) is 71.1 Å². The second-order valence-electron chi connectivity index (χ2n) is 7.28. The molecule has 3 rings (SSSR count). The van der Waals surface area contributed by atoms with E-state index < -0.39 is 6.61 Å². The zero-order valence-electron chi connectivity index (χ0n) is 17.4. The van der Waals surface area contributed by atoms with Gasteiger partial charge in [-0.25, -0.2) is 0 Å². The molecule has 1 aliphatic heterocycles. The van der Waals surface area contributed by atoms with Crippen molar-refractivity contribution in [3.63, 3.8) is 0 Å². The van der Waals surface area contributed by atoms with Crippen LogP contribution < -0.4 is 19.7 Å². The molecule has 0 aliphatic carbocycles. The summed E-state index contributed by atoms with van der Waals surface area (Å²) < 4.78 is 34.7. The van der Waals surface area contributed by atoms with Gasteiger partial charge < -0.3 is 19.7 Å². The predicted molar refractivity (Wildman–Crippen MR) is 113 cm³/mol. The molecule has 7 nitrogen and oxygen atoms in total. The van der Waals surface area contributed by atoms with Crippen molar-refractivity contribution in [3.8, 4) is 11.5 Å². The Morgan fingerprint density at radius 3 is 2.71 bits per heavy atom. The van der Waals surface area contributed by atoms with Crippen molar-refractivity contribution < 1.29 is 27.8 Å². The van der Waals surface area contributed by atoms with Crippen molar-refractivity contribution in [1.29, 1.82) is 0 Å². The van der Waals surface area contributed by atoms with Gasteiger partial charge in [0.1, 0.15) is 0 Å². The van der Waals surface area contributed by atoms with Crippen LogP contribution in [0.3, 0.4) is 0 Å². The second kappa shape index (κ2) is 10.2. The van der Waals surface area contributed by atoms with Crippen LogP contribution in [0.25, 0.3) is 0 Å². The number of nitrogens with zero attached hydrogens (tertiary/aromatic N) is 2. The second-order valence-corrected chi connectivity index (χ2v) is 7.28. The Balaban J connectivity index is 1.58. The van der Waals surface area contributed by atoms with E-state index in [0.717, 1.165) is 12.1 Å². The number of anilines is 2. The van der Waals surface area contributed by atoms with Crippen molar-refractivity contribution in [1.82, 2.24) is 4.90 Å². The average Bonchev–Trinajstić information content (AvgIpc) is 3.13. The summed E-state index contributed by atoms with van der Waals surface area (Å²) in [5, 5.41) is 2.83. The van der Waals surface area contributed by atoms with Gasteiger partial charge in [0.15, 0.2) is 11.5 Å². The Kier molecular flexibility index (Phi) is 7.41. The summed E-state index contributed by atoms with van der Waals surface area (Å²) in [6.07, 6.45) is 1.37. The fourth-order valence-corrected chi connectivity index (χ4v) is 3.49. The largest absolute Gasteiger partial charge is 0.493 e.